The second-order valence-electron chi connectivity index (χ2n) is 7.79. The third-order valence-electron chi connectivity index (χ3n) is 5.50. The number of quaternary nitrogens is 1. The number of fused-ring (bicyclic) bond motifs is 3. The second-order valence-corrected chi connectivity index (χ2v) is 7.79. The average Bonchev–Trinajstić information content (AvgIpc) is 2.91. The van der Waals surface area contributed by atoms with Crippen molar-refractivity contribution in [3.63, 3.8) is 0 Å². The van der Waals surface area contributed by atoms with Gasteiger partial charge >= 0.3 is 0 Å². The van der Waals surface area contributed by atoms with Crippen LogP contribution in [0, 0.1) is 6.92 Å². The molecule has 2 aromatic rings. The molecule has 1 amide bonds. The van der Waals surface area contributed by atoms with Gasteiger partial charge in [-0.3, -0.25) is 4.79 Å². The molecule has 4 rings (SSSR count). The zero-order valence-corrected chi connectivity index (χ0v) is 15.4. The van der Waals surface area contributed by atoms with Crippen LogP contribution < -0.4 is 4.90 Å². The molecule has 1 aromatic carbocycles. The highest BCUT2D eigenvalue weighted by atomic mass is 16.5. The maximum atomic E-state index is 12.9. The molecule has 2 aliphatic rings. The number of aromatic amines is 1. The fourth-order valence-corrected chi connectivity index (χ4v) is 4.40. The van der Waals surface area contributed by atoms with Crippen LogP contribution in [0.3, 0.4) is 0 Å². The van der Waals surface area contributed by atoms with Gasteiger partial charge in [-0.05, 0) is 32.9 Å². The van der Waals surface area contributed by atoms with Crippen LogP contribution in [0.5, 0.6) is 0 Å². The van der Waals surface area contributed by atoms with Crippen molar-refractivity contribution in [2.75, 3.05) is 26.2 Å². The van der Waals surface area contributed by atoms with Crippen molar-refractivity contribution in [1.29, 1.82) is 0 Å². The summed E-state index contributed by atoms with van der Waals surface area (Å²) < 4.78 is 5.79. The maximum Gasteiger partial charge on any atom is 0.278 e. The van der Waals surface area contributed by atoms with Crippen molar-refractivity contribution in [3.8, 4) is 0 Å². The van der Waals surface area contributed by atoms with E-state index in [2.05, 4.69) is 44.0 Å². The summed E-state index contributed by atoms with van der Waals surface area (Å²) in [5.41, 5.74) is 5.05. The predicted molar refractivity (Wildman–Crippen MR) is 97.7 cm³/mol. The van der Waals surface area contributed by atoms with E-state index in [1.165, 1.54) is 32.6 Å². The largest absolute Gasteiger partial charge is 0.364 e. The molecule has 25 heavy (non-hydrogen) atoms. The van der Waals surface area contributed by atoms with Crippen LogP contribution in [0.15, 0.2) is 18.2 Å². The second kappa shape index (κ2) is 6.46. The highest BCUT2D eigenvalue weighted by Crippen LogP contribution is 2.28. The van der Waals surface area contributed by atoms with Gasteiger partial charge in [0.05, 0.1) is 0 Å². The Balaban J connectivity index is 1.49. The third-order valence-corrected chi connectivity index (χ3v) is 5.50. The van der Waals surface area contributed by atoms with Crippen LogP contribution in [-0.2, 0) is 22.5 Å². The van der Waals surface area contributed by atoms with E-state index >= 15 is 0 Å². The fourth-order valence-electron chi connectivity index (χ4n) is 4.40. The predicted octanol–water partition coefficient (Wildman–Crippen LogP) is 1.05. The van der Waals surface area contributed by atoms with Gasteiger partial charge in [0.25, 0.3) is 5.91 Å². The van der Waals surface area contributed by atoms with Gasteiger partial charge in [-0.25, -0.2) is 0 Å². The Labute approximate surface area is 148 Å². The van der Waals surface area contributed by atoms with E-state index in [0.717, 1.165) is 32.6 Å². The molecule has 0 radical (unpaired) electrons. The summed E-state index contributed by atoms with van der Waals surface area (Å²) in [6.45, 7) is 10.3. The molecule has 5 nitrogen and oxygen atoms in total. The molecule has 0 bridgehead atoms. The Hall–Kier alpha value is -1.85. The molecule has 1 saturated heterocycles. The highest BCUT2D eigenvalue weighted by molar-refractivity contribution is 5.86. The van der Waals surface area contributed by atoms with E-state index in [4.69, 9.17) is 4.74 Å². The Morgan fingerprint density at radius 1 is 1.32 bits per heavy atom. The number of hydrogen-bond donors (Lipinski definition) is 2. The summed E-state index contributed by atoms with van der Waals surface area (Å²) in [7, 11) is 0. The standard InChI is InChI=1S/C20H27N3O2/c1-13-4-5-18-16(8-13)17-11-23(7-6-19(17)21-18)20(24)12-22-9-14(2)25-15(3)10-22/h4-5,8,14-15,21H,6-7,9-12H2,1-3H3/p+1/t14-,15+. The van der Waals surface area contributed by atoms with Gasteiger partial charge in [0.2, 0.25) is 0 Å². The van der Waals surface area contributed by atoms with Crippen LogP contribution >= 0.6 is 0 Å². The lowest BCUT2D eigenvalue weighted by Crippen LogP contribution is -3.16. The first-order chi connectivity index (χ1) is 12.0. The van der Waals surface area contributed by atoms with Crippen molar-refractivity contribution >= 4 is 16.8 Å². The first kappa shape index (κ1) is 16.6. The molecule has 1 fully saturated rings. The minimum absolute atomic E-state index is 0.233. The smallest absolute Gasteiger partial charge is 0.278 e. The molecule has 1 aromatic heterocycles. The molecular weight excluding hydrogens is 314 g/mol. The van der Waals surface area contributed by atoms with E-state index < -0.39 is 0 Å². The van der Waals surface area contributed by atoms with E-state index in [9.17, 15) is 4.79 Å². The lowest BCUT2D eigenvalue weighted by molar-refractivity contribution is -0.907. The number of carbonyl (C=O) groups is 1. The van der Waals surface area contributed by atoms with Gasteiger partial charge in [0, 0.05) is 41.7 Å². The van der Waals surface area contributed by atoms with Crippen molar-refractivity contribution in [2.24, 2.45) is 0 Å². The number of H-pyrrole nitrogens is 1. The van der Waals surface area contributed by atoms with Gasteiger partial charge in [0.15, 0.2) is 6.54 Å². The van der Waals surface area contributed by atoms with Gasteiger partial charge in [-0.15, -0.1) is 0 Å². The number of ether oxygens (including phenoxy) is 1. The number of morpholine rings is 1. The topological polar surface area (TPSA) is 49.8 Å². The number of aromatic nitrogens is 1. The SMILES string of the molecule is Cc1ccc2[nH]c3c(c2c1)CN(C(=O)C[NH+]1C[C@@H](C)O[C@@H](C)C1)CC3. The van der Waals surface area contributed by atoms with Crippen molar-refractivity contribution in [1.82, 2.24) is 9.88 Å². The van der Waals surface area contributed by atoms with E-state index in [1.807, 2.05) is 4.90 Å². The number of hydrogen-bond acceptors (Lipinski definition) is 2. The number of amides is 1. The van der Waals surface area contributed by atoms with Gasteiger partial charge in [-0.2, -0.15) is 0 Å². The van der Waals surface area contributed by atoms with Crippen molar-refractivity contribution < 1.29 is 14.4 Å². The van der Waals surface area contributed by atoms with Gasteiger partial charge < -0.3 is 19.5 Å². The number of aryl methyl sites for hydroxylation is 1. The van der Waals surface area contributed by atoms with Gasteiger partial charge in [-0.1, -0.05) is 11.6 Å². The normalized spacial score (nSPS) is 26.7. The molecule has 0 spiro atoms. The monoisotopic (exact) mass is 342 g/mol. The average molecular weight is 342 g/mol. The summed E-state index contributed by atoms with van der Waals surface area (Å²) in [5, 5.41) is 1.27. The number of rotatable bonds is 2. The third kappa shape index (κ3) is 3.31. The number of benzene rings is 1. The molecule has 2 N–H and O–H groups in total. The minimum Gasteiger partial charge on any atom is -0.364 e. The Morgan fingerprint density at radius 2 is 2.08 bits per heavy atom. The van der Waals surface area contributed by atoms with Crippen molar-refractivity contribution in [2.45, 2.75) is 45.9 Å². The maximum absolute atomic E-state index is 12.9. The molecule has 5 heteroatoms. The van der Waals surface area contributed by atoms with Crippen LogP contribution in [0.2, 0.25) is 0 Å². The van der Waals surface area contributed by atoms with Gasteiger partial charge in [0.1, 0.15) is 25.3 Å². The van der Waals surface area contributed by atoms with E-state index in [-0.39, 0.29) is 18.1 Å². The summed E-state index contributed by atoms with van der Waals surface area (Å²) in [6.07, 6.45) is 1.38. The quantitative estimate of drug-likeness (QED) is 0.857. The van der Waals surface area contributed by atoms with Crippen LogP contribution in [0.1, 0.15) is 30.7 Å². The molecule has 1 unspecified atom stereocenters. The first-order valence-corrected chi connectivity index (χ1v) is 9.36. The first-order valence-electron chi connectivity index (χ1n) is 9.36. The van der Waals surface area contributed by atoms with Crippen LogP contribution in [0.4, 0.5) is 0 Å². The number of nitrogens with zero attached hydrogens (tertiary/aromatic N) is 1. The van der Waals surface area contributed by atoms with E-state index in [1.54, 1.807) is 0 Å². The molecule has 0 saturated carbocycles. The molecule has 2 aliphatic heterocycles. The minimum atomic E-state index is 0.233. The van der Waals surface area contributed by atoms with Crippen molar-refractivity contribution in [3.05, 3.63) is 35.0 Å². The molecule has 3 heterocycles. The molecule has 0 aliphatic carbocycles. The molecule has 3 atom stereocenters. The summed E-state index contributed by atoms with van der Waals surface area (Å²) in [5.74, 6) is 0.268. The summed E-state index contributed by atoms with van der Waals surface area (Å²) >= 11 is 0. The molecular formula is C20H28N3O2+. The highest BCUT2D eigenvalue weighted by Gasteiger charge is 2.30. The Bertz CT molecular complexity index is 788. The number of carbonyl (C=O) groups excluding carboxylic acids is 1. The Kier molecular flexibility index (Phi) is 4.29. The fraction of sp³-hybridized carbons (Fsp3) is 0.550. The zero-order valence-electron chi connectivity index (χ0n) is 15.4. The van der Waals surface area contributed by atoms with Crippen LogP contribution in [0.25, 0.3) is 10.9 Å². The van der Waals surface area contributed by atoms with Crippen LogP contribution in [-0.4, -0.2) is 54.2 Å². The Morgan fingerprint density at radius 3 is 2.84 bits per heavy atom. The lowest BCUT2D eigenvalue weighted by Gasteiger charge is -2.34. The summed E-state index contributed by atoms with van der Waals surface area (Å²) in [4.78, 5) is 19.8. The zero-order chi connectivity index (χ0) is 17.6. The lowest BCUT2D eigenvalue weighted by atomic mass is 10.0. The number of nitrogens with one attached hydrogen (secondary N) is 2. The van der Waals surface area contributed by atoms with E-state index in [0.29, 0.717) is 6.54 Å². The summed E-state index contributed by atoms with van der Waals surface area (Å²) in [6, 6.07) is 6.52. The molecule has 134 valence electrons.